The molecule has 0 fully saturated rings. The van der Waals surface area contributed by atoms with Gasteiger partial charge in [-0.15, -0.1) is 0 Å². The highest BCUT2D eigenvalue weighted by Crippen LogP contribution is 2.18. The van der Waals surface area contributed by atoms with Crippen molar-refractivity contribution in [3.63, 3.8) is 0 Å². The van der Waals surface area contributed by atoms with E-state index in [1.807, 2.05) is 24.3 Å². The molecule has 0 atom stereocenters. The topological polar surface area (TPSA) is 87.9 Å². The molecule has 0 unspecified atom stereocenters. The quantitative estimate of drug-likeness (QED) is 0.719. The summed E-state index contributed by atoms with van der Waals surface area (Å²) < 4.78 is 6.16. The van der Waals surface area contributed by atoms with Gasteiger partial charge in [-0.25, -0.2) is 4.79 Å². The fourth-order valence-corrected chi connectivity index (χ4v) is 2.63. The number of benzene rings is 2. The van der Waals surface area contributed by atoms with Gasteiger partial charge in [0.15, 0.2) is 0 Å². The van der Waals surface area contributed by atoms with Crippen molar-refractivity contribution in [2.75, 3.05) is 7.11 Å². The smallest absolute Gasteiger partial charge is 0.330 e. The Bertz CT molecular complexity index is 1010. The number of H-pyrrole nitrogens is 1. The number of nitriles is 1. The minimum absolute atomic E-state index is 0.244. The Morgan fingerprint density at radius 3 is 2.46 bits per heavy atom. The second-order valence-electron chi connectivity index (χ2n) is 5.77. The molecule has 0 spiro atoms. The standard InChI is InChI=1S/C20H17N3O3/c1-26-19(24)11-6-14-4-9-17(10-5-14)23-13-18(22-20(23)25)16-7-2-15(12-21)3-8-16/h2-5,7-10,13H,6,11H2,1H3,(H,22,25). The summed E-state index contributed by atoms with van der Waals surface area (Å²) in [6.45, 7) is 0. The zero-order valence-electron chi connectivity index (χ0n) is 14.2. The molecule has 26 heavy (non-hydrogen) atoms. The summed E-state index contributed by atoms with van der Waals surface area (Å²) in [5.74, 6) is -0.247. The highest BCUT2D eigenvalue weighted by molar-refractivity contribution is 5.69. The Balaban J connectivity index is 1.81. The fourth-order valence-electron chi connectivity index (χ4n) is 2.63. The van der Waals surface area contributed by atoms with Crippen molar-refractivity contribution in [3.8, 4) is 23.0 Å². The zero-order chi connectivity index (χ0) is 18.5. The first-order valence-corrected chi connectivity index (χ1v) is 8.09. The summed E-state index contributed by atoms with van der Waals surface area (Å²) in [7, 11) is 1.37. The second-order valence-corrected chi connectivity index (χ2v) is 5.77. The first kappa shape index (κ1) is 17.2. The lowest BCUT2D eigenvalue weighted by atomic mass is 10.1. The molecule has 6 heteroatoms. The number of aromatic amines is 1. The normalized spacial score (nSPS) is 10.3. The largest absolute Gasteiger partial charge is 0.469 e. The lowest BCUT2D eigenvalue weighted by Gasteiger charge is -2.04. The van der Waals surface area contributed by atoms with Crippen molar-refractivity contribution in [1.82, 2.24) is 9.55 Å². The van der Waals surface area contributed by atoms with E-state index < -0.39 is 0 Å². The molecule has 130 valence electrons. The second kappa shape index (κ2) is 7.53. The van der Waals surface area contributed by atoms with Gasteiger partial charge in [0.25, 0.3) is 0 Å². The number of hydrogen-bond acceptors (Lipinski definition) is 4. The molecular weight excluding hydrogens is 330 g/mol. The third-order valence-corrected chi connectivity index (χ3v) is 4.10. The van der Waals surface area contributed by atoms with Crippen molar-refractivity contribution < 1.29 is 9.53 Å². The maximum atomic E-state index is 12.3. The van der Waals surface area contributed by atoms with E-state index >= 15 is 0 Å². The van der Waals surface area contributed by atoms with Crippen LogP contribution in [0.15, 0.2) is 59.5 Å². The van der Waals surface area contributed by atoms with Crippen molar-refractivity contribution in [2.45, 2.75) is 12.8 Å². The van der Waals surface area contributed by atoms with Crippen LogP contribution < -0.4 is 5.69 Å². The first-order chi connectivity index (χ1) is 12.6. The summed E-state index contributed by atoms with van der Waals surface area (Å²) in [5.41, 5.74) is 3.55. The summed E-state index contributed by atoms with van der Waals surface area (Å²) in [5, 5.41) is 8.86. The average molecular weight is 347 g/mol. The van der Waals surface area contributed by atoms with Crippen LogP contribution in [0.25, 0.3) is 16.9 Å². The van der Waals surface area contributed by atoms with Crippen LogP contribution in [0.2, 0.25) is 0 Å². The number of ether oxygens (including phenoxy) is 1. The molecule has 0 saturated carbocycles. The molecule has 0 radical (unpaired) electrons. The lowest BCUT2D eigenvalue weighted by Crippen LogP contribution is -2.13. The maximum Gasteiger partial charge on any atom is 0.330 e. The number of esters is 1. The molecule has 6 nitrogen and oxygen atoms in total. The van der Waals surface area contributed by atoms with Gasteiger partial charge in [-0.1, -0.05) is 24.3 Å². The molecule has 3 aromatic rings. The van der Waals surface area contributed by atoms with E-state index in [1.165, 1.54) is 11.7 Å². The number of carbonyl (C=O) groups is 1. The van der Waals surface area contributed by atoms with Crippen molar-refractivity contribution >= 4 is 5.97 Å². The third kappa shape index (κ3) is 3.73. The number of nitrogens with one attached hydrogen (secondary N) is 1. The molecule has 0 bridgehead atoms. The van der Waals surface area contributed by atoms with Gasteiger partial charge < -0.3 is 9.72 Å². The van der Waals surface area contributed by atoms with Crippen LogP contribution in [0.3, 0.4) is 0 Å². The Hall–Kier alpha value is -3.59. The van der Waals surface area contributed by atoms with E-state index in [4.69, 9.17) is 5.26 Å². The highest BCUT2D eigenvalue weighted by atomic mass is 16.5. The number of hydrogen-bond donors (Lipinski definition) is 1. The summed E-state index contributed by atoms with van der Waals surface area (Å²) in [6, 6.07) is 16.5. The number of aromatic nitrogens is 2. The molecule has 1 heterocycles. The van der Waals surface area contributed by atoms with Crippen molar-refractivity contribution in [2.24, 2.45) is 0 Å². The van der Waals surface area contributed by atoms with Crippen LogP contribution in [0.1, 0.15) is 17.5 Å². The monoisotopic (exact) mass is 347 g/mol. The molecular formula is C20H17N3O3. The van der Waals surface area contributed by atoms with Gasteiger partial charge in [-0.3, -0.25) is 9.36 Å². The average Bonchev–Trinajstić information content (AvgIpc) is 3.08. The minimum atomic E-state index is -0.247. The van der Waals surface area contributed by atoms with Gasteiger partial charge in [0.1, 0.15) is 0 Å². The van der Waals surface area contributed by atoms with E-state index in [-0.39, 0.29) is 11.7 Å². The molecule has 3 rings (SSSR count). The zero-order valence-corrected chi connectivity index (χ0v) is 14.2. The molecule has 1 N–H and O–H groups in total. The van der Waals surface area contributed by atoms with Gasteiger partial charge in [0.05, 0.1) is 30.1 Å². The third-order valence-electron chi connectivity index (χ3n) is 4.10. The predicted octanol–water partition coefficient (Wildman–Crippen LogP) is 2.81. The maximum absolute atomic E-state index is 12.3. The molecule has 2 aromatic carbocycles. The lowest BCUT2D eigenvalue weighted by molar-refractivity contribution is -0.140. The minimum Gasteiger partial charge on any atom is -0.469 e. The van der Waals surface area contributed by atoms with E-state index in [9.17, 15) is 9.59 Å². The molecule has 1 aromatic heterocycles. The number of methoxy groups -OCH3 is 1. The van der Waals surface area contributed by atoms with Gasteiger partial charge in [0.2, 0.25) is 0 Å². The number of nitrogens with zero attached hydrogens (tertiary/aromatic N) is 2. The molecule has 0 aliphatic rings. The fraction of sp³-hybridized carbons (Fsp3) is 0.150. The number of rotatable bonds is 5. The molecule has 0 aliphatic carbocycles. The summed E-state index contributed by atoms with van der Waals surface area (Å²) in [4.78, 5) is 26.3. The number of carbonyl (C=O) groups excluding carboxylic acids is 1. The highest BCUT2D eigenvalue weighted by Gasteiger charge is 2.08. The van der Waals surface area contributed by atoms with Gasteiger partial charge in [0, 0.05) is 12.6 Å². The van der Waals surface area contributed by atoms with E-state index in [0.717, 1.165) is 16.8 Å². The van der Waals surface area contributed by atoms with Gasteiger partial charge in [-0.05, 0) is 41.8 Å². The van der Waals surface area contributed by atoms with E-state index in [1.54, 1.807) is 30.5 Å². The Kier molecular flexibility index (Phi) is 4.99. The predicted molar refractivity (Wildman–Crippen MR) is 96.9 cm³/mol. The summed E-state index contributed by atoms with van der Waals surface area (Å²) >= 11 is 0. The Morgan fingerprint density at radius 2 is 1.85 bits per heavy atom. The first-order valence-electron chi connectivity index (χ1n) is 8.09. The Morgan fingerprint density at radius 1 is 1.15 bits per heavy atom. The van der Waals surface area contributed by atoms with Crippen LogP contribution in [0.4, 0.5) is 0 Å². The van der Waals surface area contributed by atoms with Crippen molar-refractivity contribution in [3.05, 3.63) is 76.3 Å². The number of aryl methyl sites for hydroxylation is 1. The van der Waals surface area contributed by atoms with Gasteiger partial charge >= 0.3 is 11.7 Å². The molecule has 0 amide bonds. The van der Waals surface area contributed by atoms with Crippen LogP contribution in [0, 0.1) is 11.3 Å². The van der Waals surface area contributed by atoms with Gasteiger partial charge in [-0.2, -0.15) is 5.26 Å². The van der Waals surface area contributed by atoms with E-state index in [0.29, 0.717) is 24.1 Å². The SMILES string of the molecule is COC(=O)CCc1ccc(-n2cc(-c3ccc(C#N)cc3)[nH]c2=O)cc1. The number of imidazole rings is 1. The molecule has 0 saturated heterocycles. The van der Waals surface area contributed by atoms with E-state index in [2.05, 4.69) is 15.8 Å². The Labute approximate surface area is 150 Å². The van der Waals surface area contributed by atoms with Crippen LogP contribution in [0.5, 0.6) is 0 Å². The van der Waals surface area contributed by atoms with Crippen LogP contribution in [-0.2, 0) is 16.0 Å². The van der Waals surface area contributed by atoms with Crippen LogP contribution in [-0.4, -0.2) is 22.6 Å². The summed E-state index contributed by atoms with van der Waals surface area (Å²) in [6.07, 6.45) is 2.64. The molecule has 0 aliphatic heterocycles. The van der Waals surface area contributed by atoms with Crippen LogP contribution >= 0.6 is 0 Å². The van der Waals surface area contributed by atoms with Crippen molar-refractivity contribution in [1.29, 1.82) is 5.26 Å².